The molecule has 2 aromatic rings. The highest BCUT2D eigenvalue weighted by atomic mass is 16.5. The first-order valence-electron chi connectivity index (χ1n) is 8.35. The maximum Gasteiger partial charge on any atom is 0.273 e. The van der Waals surface area contributed by atoms with Gasteiger partial charge < -0.3 is 14.6 Å². The zero-order chi connectivity index (χ0) is 18.9. The number of carbonyl (C=O) groups excluding carboxylic acids is 2. The Morgan fingerprint density at radius 1 is 0.962 bits per heavy atom. The van der Waals surface area contributed by atoms with Crippen LogP contribution in [0.1, 0.15) is 41.0 Å². The van der Waals surface area contributed by atoms with Gasteiger partial charge in [0.1, 0.15) is 5.75 Å². The molecule has 138 valence electrons. The molecule has 26 heavy (non-hydrogen) atoms. The molecule has 0 aliphatic heterocycles. The first kappa shape index (κ1) is 19.1. The van der Waals surface area contributed by atoms with Crippen LogP contribution in [0.4, 0.5) is 0 Å². The van der Waals surface area contributed by atoms with E-state index in [1.807, 2.05) is 13.8 Å². The Hall–Kier alpha value is -3.22. The zero-order valence-corrected chi connectivity index (χ0v) is 14.7. The normalized spacial score (nSPS) is 10.1. The molecule has 0 aliphatic carbocycles. The topological polar surface area (TPSA) is 96.9 Å². The number of phenols is 1. The van der Waals surface area contributed by atoms with E-state index in [-0.39, 0.29) is 11.3 Å². The second-order valence-electron chi connectivity index (χ2n) is 5.37. The number of hydrogen-bond donors (Lipinski definition) is 3. The van der Waals surface area contributed by atoms with Crippen LogP contribution in [-0.4, -0.2) is 30.1 Å². The molecule has 0 heterocycles. The van der Waals surface area contributed by atoms with Gasteiger partial charge in [0.05, 0.1) is 18.8 Å². The standard InChI is InChI=1S/C19H22N2O5/c1-3-11-26-16-10-9-13(12-17(16)25-4-2)18(23)20-21-19(24)14-7-5-6-8-15(14)22/h5-10,12,22H,3-4,11H2,1-2H3,(H,20,23)(H,21,24). The van der Waals surface area contributed by atoms with E-state index in [0.29, 0.717) is 30.3 Å². The largest absolute Gasteiger partial charge is 0.507 e. The number of hydrogen-bond acceptors (Lipinski definition) is 5. The Kier molecular flexibility index (Phi) is 6.84. The summed E-state index contributed by atoms with van der Waals surface area (Å²) in [5, 5.41) is 9.66. The fraction of sp³-hybridized carbons (Fsp3) is 0.263. The van der Waals surface area contributed by atoms with Crippen molar-refractivity contribution in [3.63, 3.8) is 0 Å². The van der Waals surface area contributed by atoms with Crippen molar-refractivity contribution in [1.29, 1.82) is 0 Å². The van der Waals surface area contributed by atoms with Crippen molar-refractivity contribution < 1.29 is 24.2 Å². The summed E-state index contributed by atoms with van der Waals surface area (Å²) in [7, 11) is 0. The number of hydrazine groups is 1. The highest BCUT2D eigenvalue weighted by Gasteiger charge is 2.14. The fourth-order valence-corrected chi connectivity index (χ4v) is 2.17. The van der Waals surface area contributed by atoms with E-state index in [1.165, 1.54) is 12.1 Å². The Labute approximate surface area is 151 Å². The Balaban J connectivity index is 2.05. The molecule has 7 nitrogen and oxygen atoms in total. The summed E-state index contributed by atoms with van der Waals surface area (Å²) in [5.41, 5.74) is 4.94. The van der Waals surface area contributed by atoms with Crippen LogP contribution in [-0.2, 0) is 0 Å². The van der Waals surface area contributed by atoms with E-state index in [0.717, 1.165) is 6.42 Å². The molecule has 0 bridgehead atoms. The van der Waals surface area contributed by atoms with Gasteiger partial charge in [0.2, 0.25) is 0 Å². The highest BCUT2D eigenvalue weighted by molar-refractivity contribution is 6.00. The van der Waals surface area contributed by atoms with Crippen LogP contribution in [0.25, 0.3) is 0 Å². The zero-order valence-electron chi connectivity index (χ0n) is 14.7. The van der Waals surface area contributed by atoms with Crippen LogP contribution in [0, 0.1) is 0 Å². The Morgan fingerprint density at radius 3 is 2.38 bits per heavy atom. The molecule has 0 unspecified atom stereocenters. The molecule has 2 aromatic carbocycles. The van der Waals surface area contributed by atoms with Gasteiger partial charge in [-0.1, -0.05) is 19.1 Å². The molecule has 0 spiro atoms. The van der Waals surface area contributed by atoms with Crippen molar-refractivity contribution in [1.82, 2.24) is 10.9 Å². The molecule has 0 saturated heterocycles. The third-order valence-electron chi connectivity index (χ3n) is 3.41. The second kappa shape index (κ2) is 9.31. The van der Waals surface area contributed by atoms with Gasteiger partial charge in [-0.2, -0.15) is 0 Å². The lowest BCUT2D eigenvalue weighted by Gasteiger charge is -2.13. The van der Waals surface area contributed by atoms with Gasteiger partial charge in [-0.15, -0.1) is 0 Å². The third kappa shape index (κ3) is 4.89. The number of benzene rings is 2. The summed E-state index contributed by atoms with van der Waals surface area (Å²) in [6.07, 6.45) is 0.853. The van der Waals surface area contributed by atoms with Gasteiger partial charge in [-0.3, -0.25) is 20.4 Å². The van der Waals surface area contributed by atoms with Crippen molar-refractivity contribution in [2.45, 2.75) is 20.3 Å². The summed E-state index contributed by atoms with van der Waals surface area (Å²) in [5.74, 6) is -0.291. The number of carbonyl (C=O) groups is 2. The molecule has 7 heteroatoms. The van der Waals surface area contributed by atoms with Crippen LogP contribution >= 0.6 is 0 Å². The van der Waals surface area contributed by atoms with Crippen molar-refractivity contribution in [3.05, 3.63) is 53.6 Å². The smallest absolute Gasteiger partial charge is 0.273 e. The number of aromatic hydroxyl groups is 1. The Morgan fingerprint density at radius 2 is 1.69 bits per heavy atom. The van der Waals surface area contributed by atoms with Crippen molar-refractivity contribution in [3.8, 4) is 17.2 Å². The number of ether oxygens (including phenoxy) is 2. The number of rotatable bonds is 7. The van der Waals surface area contributed by atoms with Crippen LogP contribution in [0.2, 0.25) is 0 Å². The Bertz CT molecular complexity index is 776. The molecular formula is C19H22N2O5. The summed E-state index contributed by atoms with van der Waals surface area (Å²) < 4.78 is 11.1. The molecule has 2 rings (SSSR count). The minimum absolute atomic E-state index is 0.0612. The minimum atomic E-state index is -0.621. The van der Waals surface area contributed by atoms with Gasteiger partial charge in [0, 0.05) is 5.56 Å². The maximum atomic E-state index is 12.3. The van der Waals surface area contributed by atoms with E-state index < -0.39 is 11.8 Å². The molecule has 0 atom stereocenters. The molecule has 0 aliphatic rings. The number of phenolic OH excluding ortho intramolecular Hbond substituents is 1. The molecule has 0 saturated carbocycles. The minimum Gasteiger partial charge on any atom is -0.507 e. The van der Waals surface area contributed by atoms with E-state index in [4.69, 9.17) is 9.47 Å². The summed E-state index contributed by atoms with van der Waals surface area (Å²) in [6, 6.07) is 10.8. The second-order valence-corrected chi connectivity index (χ2v) is 5.37. The van der Waals surface area contributed by atoms with Crippen LogP contribution in [0.5, 0.6) is 17.2 Å². The molecule has 0 fully saturated rings. The lowest BCUT2D eigenvalue weighted by Crippen LogP contribution is -2.41. The summed E-state index contributed by atoms with van der Waals surface area (Å²) in [4.78, 5) is 24.3. The van der Waals surface area contributed by atoms with Crippen molar-refractivity contribution >= 4 is 11.8 Å². The predicted molar refractivity (Wildman–Crippen MR) is 96.4 cm³/mol. The molecular weight excluding hydrogens is 336 g/mol. The fourth-order valence-electron chi connectivity index (χ4n) is 2.17. The average Bonchev–Trinajstić information content (AvgIpc) is 2.65. The van der Waals surface area contributed by atoms with Gasteiger partial charge in [-0.25, -0.2) is 0 Å². The SMILES string of the molecule is CCCOc1ccc(C(=O)NNC(=O)c2ccccc2O)cc1OCC. The summed E-state index contributed by atoms with van der Waals surface area (Å²) in [6.45, 7) is 4.80. The van der Waals surface area contributed by atoms with Crippen LogP contribution < -0.4 is 20.3 Å². The lowest BCUT2D eigenvalue weighted by atomic mass is 10.2. The number of amides is 2. The highest BCUT2D eigenvalue weighted by Crippen LogP contribution is 2.28. The number of para-hydroxylation sites is 1. The van der Waals surface area contributed by atoms with E-state index in [2.05, 4.69) is 10.9 Å². The van der Waals surface area contributed by atoms with Crippen LogP contribution in [0.15, 0.2) is 42.5 Å². The average molecular weight is 358 g/mol. The maximum absolute atomic E-state index is 12.3. The van der Waals surface area contributed by atoms with Crippen molar-refractivity contribution in [2.24, 2.45) is 0 Å². The van der Waals surface area contributed by atoms with Gasteiger partial charge in [-0.05, 0) is 43.7 Å². The van der Waals surface area contributed by atoms with E-state index in [1.54, 1.807) is 30.3 Å². The van der Waals surface area contributed by atoms with E-state index in [9.17, 15) is 14.7 Å². The summed E-state index contributed by atoms with van der Waals surface area (Å²) >= 11 is 0. The molecule has 3 N–H and O–H groups in total. The molecule has 2 amide bonds. The van der Waals surface area contributed by atoms with Gasteiger partial charge in [0.15, 0.2) is 11.5 Å². The monoisotopic (exact) mass is 358 g/mol. The lowest BCUT2D eigenvalue weighted by molar-refractivity contribution is 0.0844. The number of nitrogens with one attached hydrogen (secondary N) is 2. The first-order valence-corrected chi connectivity index (χ1v) is 8.35. The van der Waals surface area contributed by atoms with Crippen molar-refractivity contribution in [2.75, 3.05) is 13.2 Å². The molecule has 0 radical (unpaired) electrons. The van der Waals surface area contributed by atoms with E-state index >= 15 is 0 Å². The third-order valence-corrected chi connectivity index (χ3v) is 3.41. The quantitative estimate of drug-likeness (QED) is 0.661. The van der Waals surface area contributed by atoms with Crippen LogP contribution in [0.3, 0.4) is 0 Å². The predicted octanol–water partition coefficient (Wildman–Crippen LogP) is 2.65. The van der Waals surface area contributed by atoms with Gasteiger partial charge >= 0.3 is 0 Å². The first-order chi connectivity index (χ1) is 12.6. The van der Waals surface area contributed by atoms with Gasteiger partial charge in [0.25, 0.3) is 11.8 Å². The molecule has 0 aromatic heterocycles.